The highest BCUT2D eigenvalue weighted by atomic mass is 35.5. The van der Waals surface area contributed by atoms with Crippen molar-refractivity contribution in [2.45, 2.75) is 30.5 Å². The summed E-state index contributed by atoms with van der Waals surface area (Å²) in [5, 5.41) is 0. The molecule has 2 unspecified atom stereocenters. The van der Waals surface area contributed by atoms with Gasteiger partial charge < -0.3 is 22.2 Å². The highest BCUT2D eigenvalue weighted by Crippen LogP contribution is 2.44. The van der Waals surface area contributed by atoms with Crippen molar-refractivity contribution < 1.29 is 17.3 Å². The largest absolute Gasteiger partial charge is 1.00 e. The lowest BCUT2D eigenvalue weighted by molar-refractivity contribution is -0.927. The molecule has 0 bridgehead atoms. The van der Waals surface area contributed by atoms with Crippen LogP contribution in [-0.4, -0.2) is 55.1 Å². The highest BCUT2D eigenvalue weighted by Gasteiger charge is 2.50. The van der Waals surface area contributed by atoms with Crippen LogP contribution in [0.25, 0.3) is 0 Å². The molecule has 1 N–H and O–H groups in total. The molecule has 4 aromatic carbocycles. The standard InChI is InChI=1S/C34H37N5.ClH/c1-36-29(25-17-9-5-10-18-25)30(26-19-11-6-12-20-26)37(2)33(36)35-34-38(3)31(27-21-13-7-14-22-27)32(39(34)4)28-23-15-8-16-24-28;/h5-24,29-33H,1-4H3;1H/t29-,30-,31-,32-;/m0./s1. The first kappa shape index (κ1) is 27.9. The number of quaternary nitrogens is 1. The van der Waals surface area contributed by atoms with Gasteiger partial charge in [-0.15, -0.1) is 0 Å². The van der Waals surface area contributed by atoms with E-state index in [1.807, 2.05) is 0 Å². The molecule has 4 aromatic rings. The van der Waals surface area contributed by atoms with Gasteiger partial charge in [0.1, 0.15) is 6.04 Å². The molecular formula is C34H38ClN5. The van der Waals surface area contributed by atoms with Crippen molar-refractivity contribution in [2.75, 3.05) is 28.2 Å². The molecule has 206 valence electrons. The van der Waals surface area contributed by atoms with Crippen LogP contribution in [0.1, 0.15) is 46.4 Å². The first-order valence-corrected chi connectivity index (χ1v) is 13.8. The van der Waals surface area contributed by atoms with E-state index in [0.717, 1.165) is 5.96 Å². The Labute approximate surface area is 244 Å². The summed E-state index contributed by atoms with van der Waals surface area (Å²) in [5.74, 6) is 1.02. The highest BCUT2D eigenvalue weighted by molar-refractivity contribution is 5.83. The summed E-state index contributed by atoms with van der Waals surface area (Å²) in [5.41, 5.74) is 5.27. The molecule has 6 heteroatoms. The Bertz CT molecular complexity index is 1290. The fourth-order valence-electron chi connectivity index (χ4n) is 6.82. The van der Waals surface area contributed by atoms with Crippen molar-refractivity contribution in [3.8, 4) is 0 Å². The fourth-order valence-corrected chi connectivity index (χ4v) is 6.82. The zero-order valence-electron chi connectivity index (χ0n) is 23.6. The second-order valence-corrected chi connectivity index (χ2v) is 10.9. The minimum atomic E-state index is -0.0359. The van der Waals surface area contributed by atoms with E-state index in [4.69, 9.17) is 4.99 Å². The second-order valence-electron chi connectivity index (χ2n) is 10.9. The third kappa shape index (κ3) is 4.90. The van der Waals surface area contributed by atoms with Gasteiger partial charge in [0.25, 0.3) is 0 Å². The van der Waals surface area contributed by atoms with Crippen molar-refractivity contribution in [2.24, 2.45) is 4.99 Å². The number of rotatable bonds is 5. The van der Waals surface area contributed by atoms with Crippen molar-refractivity contribution in [3.63, 3.8) is 0 Å². The summed E-state index contributed by atoms with van der Waals surface area (Å²) in [4.78, 5) is 14.2. The van der Waals surface area contributed by atoms with Crippen LogP contribution in [0.2, 0.25) is 0 Å². The number of nitrogens with zero attached hydrogens (tertiary/aromatic N) is 4. The Morgan fingerprint density at radius 3 is 1.27 bits per heavy atom. The van der Waals surface area contributed by atoms with Gasteiger partial charge >= 0.3 is 0 Å². The van der Waals surface area contributed by atoms with Crippen LogP contribution in [0, 0.1) is 0 Å². The van der Waals surface area contributed by atoms with Crippen molar-refractivity contribution in [3.05, 3.63) is 144 Å². The SMILES string of the molecule is CN1C(=NC2N(C)[C@@H](c3ccccc3)[C@H](c3ccccc3)[NH+]2C)N(C)[C@@H](c2ccccc2)[C@@H]1c1ccccc1.[Cl-]. The quantitative estimate of drug-likeness (QED) is 0.411. The summed E-state index contributed by atoms with van der Waals surface area (Å²) in [7, 11) is 8.93. The van der Waals surface area contributed by atoms with E-state index < -0.39 is 0 Å². The minimum Gasteiger partial charge on any atom is -1.00 e. The number of halogens is 1. The van der Waals surface area contributed by atoms with Gasteiger partial charge in [-0.1, -0.05) is 121 Å². The first-order valence-electron chi connectivity index (χ1n) is 13.8. The first-order chi connectivity index (χ1) is 19.1. The van der Waals surface area contributed by atoms with Crippen LogP contribution in [0.4, 0.5) is 0 Å². The Morgan fingerprint density at radius 1 is 0.525 bits per heavy atom. The molecule has 2 fully saturated rings. The lowest BCUT2D eigenvalue weighted by atomic mass is 9.93. The predicted octanol–water partition coefficient (Wildman–Crippen LogP) is 1.93. The second kappa shape index (κ2) is 11.8. The average molecular weight is 552 g/mol. The number of hydrogen-bond acceptors (Lipinski definition) is 2. The van der Waals surface area contributed by atoms with Crippen molar-refractivity contribution in [1.29, 1.82) is 0 Å². The van der Waals surface area contributed by atoms with Gasteiger partial charge in [0.05, 0.1) is 25.2 Å². The van der Waals surface area contributed by atoms with Gasteiger partial charge in [-0.3, -0.25) is 4.90 Å². The van der Waals surface area contributed by atoms with E-state index >= 15 is 0 Å². The Balaban J connectivity index is 0.00000323. The molecule has 2 aliphatic heterocycles. The smallest absolute Gasteiger partial charge is 0.245 e. The normalized spacial score (nSPS) is 26.6. The van der Waals surface area contributed by atoms with Gasteiger partial charge in [-0.05, 0) is 23.7 Å². The van der Waals surface area contributed by atoms with E-state index in [9.17, 15) is 0 Å². The van der Waals surface area contributed by atoms with Crippen LogP contribution < -0.4 is 17.3 Å². The third-order valence-corrected chi connectivity index (χ3v) is 8.62. The van der Waals surface area contributed by atoms with Crippen LogP contribution in [0.5, 0.6) is 0 Å². The summed E-state index contributed by atoms with van der Waals surface area (Å²) in [6.07, 6.45) is -0.0359. The lowest BCUT2D eigenvalue weighted by Crippen LogP contribution is -3.11. The monoisotopic (exact) mass is 551 g/mol. The van der Waals surface area contributed by atoms with E-state index in [1.54, 1.807) is 0 Å². The van der Waals surface area contributed by atoms with Gasteiger partial charge in [0, 0.05) is 19.7 Å². The Hall–Kier alpha value is -3.64. The summed E-state index contributed by atoms with van der Waals surface area (Å²) < 4.78 is 0. The number of likely N-dealkylation sites (N-methyl/N-ethyl adjacent to an activating group) is 4. The zero-order chi connectivity index (χ0) is 26.9. The topological polar surface area (TPSA) is 26.5 Å². The maximum Gasteiger partial charge on any atom is 0.245 e. The number of aliphatic imine (C=N–C) groups is 1. The van der Waals surface area contributed by atoms with Crippen molar-refractivity contribution in [1.82, 2.24) is 14.7 Å². The number of hydrogen-bond donors (Lipinski definition) is 1. The van der Waals surface area contributed by atoms with Crippen LogP contribution in [0.15, 0.2) is 126 Å². The number of guanidine groups is 1. The van der Waals surface area contributed by atoms with Crippen LogP contribution >= 0.6 is 0 Å². The van der Waals surface area contributed by atoms with Gasteiger partial charge in [-0.25, -0.2) is 4.90 Å². The molecule has 0 saturated carbocycles. The molecular weight excluding hydrogens is 514 g/mol. The molecule has 0 amide bonds. The lowest BCUT2D eigenvalue weighted by Gasteiger charge is -2.26. The maximum absolute atomic E-state index is 5.56. The Morgan fingerprint density at radius 2 is 0.875 bits per heavy atom. The molecule has 6 atom stereocenters. The molecule has 5 nitrogen and oxygen atoms in total. The molecule has 0 aliphatic carbocycles. The van der Waals surface area contributed by atoms with Gasteiger partial charge in [-0.2, -0.15) is 4.99 Å². The van der Waals surface area contributed by atoms with Crippen LogP contribution in [0.3, 0.4) is 0 Å². The molecule has 6 rings (SSSR count). The molecule has 0 aromatic heterocycles. The molecule has 0 radical (unpaired) electrons. The molecule has 2 heterocycles. The maximum atomic E-state index is 5.56. The third-order valence-electron chi connectivity index (χ3n) is 8.62. The van der Waals surface area contributed by atoms with E-state index in [-0.39, 0.29) is 42.9 Å². The van der Waals surface area contributed by atoms with E-state index in [0.29, 0.717) is 0 Å². The van der Waals surface area contributed by atoms with Gasteiger partial charge in [0.2, 0.25) is 12.2 Å². The summed E-state index contributed by atoms with van der Waals surface area (Å²) >= 11 is 0. The van der Waals surface area contributed by atoms with Crippen molar-refractivity contribution >= 4 is 5.96 Å². The molecule has 0 spiro atoms. The fraction of sp³-hybridized carbons (Fsp3) is 0.265. The van der Waals surface area contributed by atoms with Gasteiger partial charge in [0.15, 0.2) is 0 Å². The molecule has 40 heavy (non-hydrogen) atoms. The number of nitrogens with one attached hydrogen (secondary N) is 1. The summed E-state index contributed by atoms with van der Waals surface area (Å²) in [6.45, 7) is 0. The Kier molecular flexibility index (Phi) is 8.27. The average Bonchev–Trinajstić information content (AvgIpc) is 3.39. The number of benzene rings is 4. The predicted molar refractivity (Wildman–Crippen MR) is 158 cm³/mol. The summed E-state index contributed by atoms with van der Waals surface area (Å²) in [6, 6.07) is 44.3. The van der Waals surface area contributed by atoms with E-state index in [1.165, 1.54) is 27.2 Å². The van der Waals surface area contributed by atoms with E-state index in [2.05, 4.69) is 164 Å². The minimum absolute atomic E-state index is 0. The van der Waals surface area contributed by atoms with Crippen LogP contribution in [-0.2, 0) is 0 Å². The molecule has 2 saturated heterocycles. The zero-order valence-corrected chi connectivity index (χ0v) is 24.4. The molecule has 2 aliphatic rings.